The van der Waals surface area contributed by atoms with E-state index < -0.39 is 0 Å². The van der Waals surface area contributed by atoms with Crippen molar-refractivity contribution in [3.63, 3.8) is 0 Å². The summed E-state index contributed by atoms with van der Waals surface area (Å²) < 4.78 is 0. The second-order valence-corrected chi connectivity index (χ2v) is 3.66. The summed E-state index contributed by atoms with van der Waals surface area (Å²) in [7, 11) is 0. The van der Waals surface area contributed by atoms with Crippen molar-refractivity contribution in [1.82, 2.24) is 0 Å². The third kappa shape index (κ3) is 3.17. The fourth-order valence-corrected chi connectivity index (χ4v) is 1.41. The minimum absolute atomic E-state index is 0.0796. The van der Waals surface area contributed by atoms with Crippen LogP contribution in [0.5, 0.6) is 0 Å². The van der Waals surface area contributed by atoms with Crippen molar-refractivity contribution in [1.29, 1.82) is 0 Å². The second kappa shape index (κ2) is 5.18. The van der Waals surface area contributed by atoms with E-state index in [1.807, 2.05) is 6.92 Å². The molecule has 0 bridgehead atoms. The highest BCUT2D eigenvalue weighted by atomic mass is 35.5. The Morgan fingerprint density at radius 3 is 2.71 bits per heavy atom. The highest BCUT2D eigenvalue weighted by molar-refractivity contribution is 6.35. The first kappa shape index (κ1) is 11.3. The molecule has 0 spiro atoms. The first-order valence-electron chi connectivity index (χ1n) is 4.29. The molecule has 0 aliphatic rings. The summed E-state index contributed by atoms with van der Waals surface area (Å²) in [6.45, 7) is 1.82. The normalized spacial score (nSPS) is 10.8. The average Bonchev–Trinajstić information content (AvgIpc) is 2.16. The summed E-state index contributed by atoms with van der Waals surface area (Å²) in [5.74, 6) is 0.0796. The molecule has 0 radical (unpaired) electrons. The van der Waals surface area contributed by atoms with Gasteiger partial charge < -0.3 is 0 Å². The second-order valence-electron chi connectivity index (χ2n) is 2.82. The van der Waals surface area contributed by atoms with Gasteiger partial charge in [0.1, 0.15) is 0 Å². The van der Waals surface area contributed by atoms with Crippen LogP contribution in [0.4, 0.5) is 0 Å². The lowest BCUT2D eigenvalue weighted by Gasteiger charge is -1.97. The average molecular weight is 229 g/mol. The number of allylic oxidation sites excluding steroid dienone is 1. The van der Waals surface area contributed by atoms with Crippen molar-refractivity contribution in [3.05, 3.63) is 39.9 Å². The van der Waals surface area contributed by atoms with Crippen molar-refractivity contribution in [2.75, 3.05) is 0 Å². The number of rotatable bonds is 3. The summed E-state index contributed by atoms with van der Waals surface area (Å²) in [4.78, 5) is 11.0. The Hall–Kier alpha value is -0.790. The van der Waals surface area contributed by atoms with Crippen molar-refractivity contribution >= 4 is 35.1 Å². The van der Waals surface area contributed by atoms with Crippen molar-refractivity contribution < 1.29 is 4.79 Å². The number of carbonyl (C=O) groups excluding carboxylic acids is 1. The Morgan fingerprint density at radius 1 is 1.43 bits per heavy atom. The summed E-state index contributed by atoms with van der Waals surface area (Å²) in [6, 6.07) is 5.17. The lowest BCUT2D eigenvalue weighted by molar-refractivity contribution is -0.114. The Morgan fingerprint density at radius 2 is 2.14 bits per heavy atom. The number of ketones is 1. The zero-order valence-electron chi connectivity index (χ0n) is 7.76. The fraction of sp³-hybridized carbons (Fsp3) is 0.182. The molecule has 1 aromatic rings. The molecule has 0 N–H and O–H groups in total. The molecule has 0 atom stereocenters. The Labute approximate surface area is 93.3 Å². The largest absolute Gasteiger partial charge is 0.295 e. The first-order valence-corrected chi connectivity index (χ1v) is 5.05. The van der Waals surface area contributed by atoms with Crippen LogP contribution in [0.1, 0.15) is 18.9 Å². The zero-order chi connectivity index (χ0) is 10.6. The summed E-state index contributed by atoms with van der Waals surface area (Å²) in [5, 5.41) is 1.15. The minimum atomic E-state index is 0.0796. The van der Waals surface area contributed by atoms with E-state index in [-0.39, 0.29) is 5.78 Å². The minimum Gasteiger partial charge on any atom is -0.295 e. The summed E-state index contributed by atoms with van der Waals surface area (Å²) in [6.07, 6.45) is 3.72. The van der Waals surface area contributed by atoms with Crippen LogP contribution in [0, 0.1) is 0 Å². The van der Waals surface area contributed by atoms with E-state index >= 15 is 0 Å². The third-order valence-corrected chi connectivity index (χ3v) is 2.32. The molecule has 0 aliphatic heterocycles. The molecule has 0 aromatic heterocycles. The topological polar surface area (TPSA) is 17.1 Å². The number of benzene rings is 1. The zero-order valence-corrected chi connectivity index (χ0v) is 9.27. The van der Waals surface area contributed by atoms with Crippen LogP contribution in [0.2, 0.25) is 10.0 Å². The van der Waals surface area contributed by atoms with Crippen LogP contribution in [0.3, 0.4) is 0 Å². The highest BCUT2D eigenvalue weighted by Gasteiger charge is 1.98. The smallest absolute Gasteiger partial charge is 0.155 e. The van der Waals surface area contributed by atoms with Gasteiger partial charge in [-0.2, -0.15) is 0 Å². The van der Waals surface area contributed by atoms with Gasteiger partial charge in [0.2, 0.25) is 0 Å². The Bertz CT molecular complexity index is 370. The van der Waals surface area contributed by atoms with Crippen molar-refractivity contribution in [2.24, 2.45) is 0 Å². The van der Waals surface area contributed by atoms with E-state index in [1.165, 1.54) is 6.08 Å². The molecular weight excluding hydrogens is 219 g/mol. The van der Waals surface area contributed by atoms with Gasteiger partial charge in [-0.1, -0.05) is 36.2 Å². The highest BCUT2D eigenvalue weighted by Crippen LogP contribution is 2.21. The van der Waals surface area contributed by atoms with E-state index in [0.29, 0.717) is 16.5 Å². The first-order chi connectivity index (χ1) is 6.63. The maximum absolute atomic E-state index is 11.0. The van der Waals surface area contributed by atoms with E-state index in [0.717, 1.165) is 5.56 Å². The number of hydrogen-bond acceptors (Lipinski definition) is 1. The van der Waals surface area contributed by atoms with Gasteiger partial charge in [0.05, 0.1) is 0 Å². The molecule has 0 saturated carbocycles. The molecule has 0 aliphatic carbocycles. The lowest BCUT2D eigenvalue weighted by Crippen LogP contribution is -1.86. The van der Waals surface area contributed by atoms with Gasteiger partial charge in [0, 0.05) is 16.5 Å². The van der Waals surface area contributed by atoms with Gasteiger partial charge in [-0.25, -0.2) is 0 Å². The summed E-state index contributed by atoms with van der Waals surface area (Å²) >= 11 is 11.6. The molecule has 1 rings (SSSR count). The molecule has 74 valence electrons. The predicted octanol–water partition coefficient (Wildman–Crippen LogP) is 3.99. The molecule has 14 heavy (non-hydrogen) atoms. The SMILES string of the molecule is CCC(=O)C=Cc1ccc(Cl)cc1Cl. The molecule has 0 heterocycles. The van der Waals surface area contributed by atoms with Crippen LogP contribution in [0.15, 0.2) is 24.3 Å². The van der Waals surface area contributed by atoms with Gasteiger partial charge >= 0.3 is 0 Å². The quantitative estimate of drug-likeness (QED) is 0.716. The number of halogens is 2. The lowest BCUT2D eigenvalue weighted by atomic mass is 10.2. The Balaban J connectivity index is 2.87. The Kier molecular flexibility index (Phi) is 4.18. The van der Waals surface area contributed by atoms with Crippen LogP contribution in [-0.4, -0.2) is 5.78 Å². The maximum Gasteiger partial charge on any atom is 0.155 e. The molecular formula is C11H10Cl2O. The van der Waals surface area contributed by atoms with Crippen LogP contribution >= 0.6 is 23.2 Å². The van der Waals surface area contributed by atoms with E-state index in [1.54, 1.807) is 24.3 Å². The van der Waals surface area contributed by atoms with Crippen LogP contribution < -0.4 is 0 Å². The van der Waals surface area contributed by atoms with E-state index in [2.05, 4.69) is 0 Å². The van der Waals surface area contributed by atoms with E-state index in [4.69, 9.17) is 23.2 Å². The number of carbonyl (C=O) groups is 1. The molecule has 0 amide bonds. The molecule has 1 aromatic carbocycles. The number of hydrogen-bond donors (Lipinski definition) is 0. The molecule has 0 fully saturated rings. The van der Waals surface area contributed by atoms with Gasteiger partial charge in [-0.05, 0) is 29.8 Å². The van der Waals surface area contributed by atoms with Gasteiger partial charge in [0.25, 0.3) is 0 Å². The molecule has 3 heteroatoms. The van der Waals surface area contributed by atoms with Crippen LogP contribution in [0.25, 0.3) is 6.08 Å². The molecule has 0 saturated heterocycles. The van der Waals surface area contributed by atoms with Gasteiger partial charge in [0.15, 0.2) is 5.78 Å². The monoisotopic (exact) mass is 228 g/mol. The maximum atomic E-state index is 11.0. The predicted molar refractivity (Wildman–Crippen MR) is 60.8 cm³/mol. The van der Waals surface area contributed by atoms with Gasteiger partial charge in [-0.3, -0.25) is 4.79 Å². The third-order valence-electron chi connectivity index (χ3n) is 1.76. The van der Waals surface area contributed by atoms with Crippen LogP contribution in [-0.2, 0) is 4.79 Å². The standard InChI is InChI=1S/C11H10Cl2O/c1-2-10(14)6-4-8-3-5-9(12)7-11(8)13/h3-7H,2H2,1H3. The van der Waals surface area contributed by atoms with Crippen molar-refractivity contribution in [2.45, 2.75) is 13.3 Å². The van der Waals surface area contributed by atoms with Crippen molar-refractivity contribution in [3.8, 4) is 0 Å². The molecule has 0 unspecified atom stereocenters. The molecule has 1 nitrogen and oxygen atoms in total. The van der Waals surface area contributed by atoms with E-state index in [9.17, 15) is 4.79 Å². The van der Waals surface area contributed by atoms with Gasteiger partial charge in [-0.15, -0.1) is 0 Å². The summed E-state index contributed by atoms with van der Waals surface area (Å²) in [5.41, 5.74) is 0.804. The fourth-order valence-electron chi connectivity index (χ4n) is 0.937.